The average Bonchev–Trinajstić information content (AvgIpc) is 2.81. The van der Waals surface area contributed by atoms with Crippen LogP contribution >= 0.6 is 0 Å². The predicted octanol–water partition coefficient (Wildman–Crippen LogP) is 4.73. The molecule has 0 aliphatic rings. The number of amides is 2. The van der Waals surface area contributed by atoms with Gasteiger partial charge in [0.05, 0.1) is 12.6 Å². The summed E-state index contributed by atoms with van der Waals surface area (Å²) < 4.78 is 5.67. The van der Waals surface area contributed by atoms with Crippen LogP contribution in [0.25, 0.3) is 6.08 Å². The van der Waals surface area contributed by atoms with Crippen LogP contribution in [0.3, 0.4) is 0 Å². The third-order valence-corrected chi connectivity index (χ3v) is 4.69. The lowest BCUT2D eigenvalue weighted by Crippen LogP contribution is -2.36. The number of carbonyl (C=O) groups excluding carboxylic acids is 2. The highest BCUT2D eigenvalue weighted by Gasteiger charge is 2.18. The third-order valence-electron chi connectivity index (χ3n) is 4.69. The van der Waals surface area contributed by atoms with Crippen molar-refractivity contribution in [2.75, 3.05) is 6.61 Å². The van der Waals surface area contributed by atoms with Crippen molar-refractivity contribution in [1.29, 1.82) is 0 Å². The van der Waals surface area contributed by atoms with Crippen molar-refractivity contribution >= 4 is 17.9 Å². The van der Waals surface area contributed by atoms with Crippen LogP contribution in [0.1, 0.15) is 41.4 Å². The van der Waals surface area contributed by atoms with Gasteiger partial charge in [0.15, 0.2) is 0 Å². The van der Waals surface area contributed by atoms with E-state index in [1.165, 1.54) is 0 Å². The number of para-hydroxylation sites is 1. The average molecular weight is 415 g/mol. The molecule has 0 fully saturated rings. The van der Waals surface area contributed by atoms with Crippen LogP contribution < -0.4 is 15.4 Å². The fraction of sp³-hybridized carbons (Fsp3) is 0.154. The summed E-state index contributed by atoms with van der Waals surface area (Å²) in [7, 11) is 0. The topological polar surface area (TPSA) is 67.4 Å². The van der Waals surface area contributed by atoms with Crippen LogP contribution in [0, 0.1) is 0 Å². The lowest BCUT2D eigenvalue weighted by atomic mass is 10.1. The van der Waals surface area contributed by atoms with E-state index in [1.807, 2.05) is 74.5 Å². The minimum Gasteiger partial charge on any atom is -0.493 e. The number of rotatable bonds is 8. The standard InChI is InChI=1S/C26H26N2O3/c1-3-31-24-17-11-10-16-22(24)18-23(28-25(29)21-14-8-5-9-15-21)26(30)27-19(2)20-12-6-4-7-13-20/h4-19H,3H2,1-2H3,(H,27,30)(H,28,29). The van der Waals surface area contributed by atoms with Crippen LogP contribution in [-0.4, -0.2) is 18.4 Å². The molecular formula is C26H26N2O3. The molecule has 5 heteroatoms. The minimum atomic E-state index is -0.382. The molecule has 31 heavy (non-hydrogen) atoms. The summed E-state index contributed by atoms with van der Waals surface area (Å²) in [5, 5.41) is 5.72. The molecule has 0 radical (unpaired) electrons. The lowest BCUT2D eigenvalue weighted by Gasteiger charge is -2.17. The van der Waals surface area contributed by atoms with E-state index in [1.54, 1.807) is 30.3 Å². The Kier molecular flexibility index (Phi) is 7.60. The normalized spacial score (nSPS) is 12.0. The number of benzene rings is 3. The summed E-state index contributed by atoms with van der Waals surface area (Å²) in [6.07, 6.45) is 1.64. The van der Waals surface area contributed by atoms with E-state index in [0.717, 1.165) is 5.56 Å². The Morgan fingerprint density at radius 2 is 1.52 bits per heavy atom. The Labute approximate surface area is 182 Å². The summed E-state index contributed by atoms with van der Waals surface area (Å²) >= 11 is 0. The quantitative estimate of drug-likeness (QED) is 0.524. The maximum Gasteiger partial charge on any atom is 0.268 e. The van der Waals surface area contributed by atoms with Crippen molar-refractivity contribution in [3.05, 3.63) is 107 Å². The third kappa shape index (κ3) is 6.06. The first-order valence-corrected chi connectivity index (χ1v) is 10.2. The molecule has 3 aromatic rings. The molecule has 1 atom stereocenters. The molecule has 0 aliphatic heterocycles. The van der Waals surface area contributed by atoms with E-state index in [9.17, 15) is 9.59 Å². The van der Waals surface area contributed by atoms with Gasteiger partial charge < -0.3 is 15.4 Å². The molecule has 3 rings (SSSR count). The van der Waals surface area contributed by atoms with Gasteiger partial charge in [0.2, 0.25) is 0 Å². The van der Waals surface area contributed by atoms with E-state index in [-0.39, 0.29) is 23.6 Å². The van der Waals surface area contributed by atoms with Gasteiger partial charge in [0.1, 0.15) is 11.4 Å². The first-order chi connectivity index (χ1) is 15.1. The van der Waals surface area contributed by atoms with Crippen LogP contribution in [-0.2, 0) is 4.79 Å². The van der Waals surface area contributed by atoms with E-state index in [0.29, 0.717) is 23.5 Å². The molecule has 3 aromatic carbocycles. The molecule has 158 valence electrons. The van der Waals surface area contributed by atoms with Gasteiger partial charge in [-0.3, -0.25) is 9.59 Å². The summed E-state index contributed by atoms with van der Waals surface area (Å²) in [5.74, 6) is -0.101. The largest absolute Gasteiger partial charge is 0.493 e. The molecule has 1 unspecified atom stereocenters. The zero-order valence-corrected chi connectivity index (χ0v) is 17.7. The van der Waals surface area contributed by atoms with Gasteiger partial charge in [-0.15, -0.1) is 0 Å². The van der Waals surface area contributed by atoms with Crippen molar-refractivity contribution < 1.29 is 14.3 Å². The maximum atomic E-state index is 13.1. The van der Waals surface area contributed by atoms with Crippen LogP contribution in [0.4, 0.5) is 0 Å². The molecule has 5 nitrogen and oxygen atoms in total. The first-order valence-electron chi connectivity index (χ1n) is 10.2. The molecule has 0 saturated carbocycles. The maximum absolute atomic E-state index is 13.1. The summed E-state index contributed by atoms with van der Waals surface area (Å²) in [6.45, 7) is 4.29. The minimum absolute atomic E-state index is 0.142. The van der Waals surface area contributed by atoms with Crippen molar-refractivity contribution in [3.63, 3.8) is 0 Å². The van der Waals surface area contributed by atoms with Crippen molar-refractivity contribution in [1.82, 2.24) is 10.6 Å². The molecule has 2 N–H and O–H groups in total. The van der Waals surface area contributed by atoms with Crippen molar-refractivity contribution in [2.24, 2.45) is 0 Å². The van der Waals surface area contributed by atoms with E-state index in [2.05, 4.69) is 10.6 Å². The molecule has 0 aromatic heterocycles. The van der Waals surface area contributed by atoms with Crippen LogP contribution in [0.2, 0.25) is 0 Å². The summed E-state index contributed by atoms with van der Waals surface area (Å²) in [5.41, 5.74) is 2.29. The predicted molar refractivity (Wildman–Crippen MR) is 122 cm³/mol. The van der Waals surface area contributed by atoms with Gasteiger partial charge in [-0.1, -0.05) is 66.7 Å². The van der Waals surface area contributed by atoms with Crippen LogP contribution in [0.15, 0.2) is 90.6 Å². The fourth-order valence-electron chi connectivity index (χ4n) is 3.08. The van der Waals surface area contributed by atoms with E-state index < -0.39 is 0 Å². The van der Waals surface area contributed by atoms with E-state index in [4.69, 9.17) is 4.74 Å². The zero-order chi connectivity index (χ0) is 22.1. The number of ether oxygens (including phenoxy) is 1. The summed E-state index contributed by atoms with van der Waals surface area (Å²) in [6, 6.07) is 25.6. The molecule has 0 bridgehead atoms. The molecule has 0 saturated heterocycles. The van der Waals surface area contributed by atoms with E-state index >= 15 is 0 Å². The number of hydrogen-bond acceptors (Lipinski definition) is 3. The Hall–Kier alpha value is -3.86. The second-order valence-corrected chi connectivity index (χ2v) is 6.95. The van der Waals surface area contributed by atoms with Gasteiger partial charge in [0.25, 0.3) is 11.8 Å². The van der Waals surface area contributed by atoms with Crippen molar-refractivity contribution in [3.8, 4) is 5.75 Å². The Bertz CT molecular complexity index is 1050. The zero-order valence-electron chi connectivity index (χ0n) is 17.7. The molecular weight excluding hydrogens is 388 g/mol. The second kappa shape index (κ2) is 10.8. The summed E-state index contributed by atoms with van der Waals surface area (Å²) in [4.78, 5) is 25.9. The molecule has 0 heterocycles. The molecule has 0 spiro atoms. The Balaban J connectivity index is 1.90. The SMILES string of the molecule is CCOc1ccccc1C=C(NC(=O)c1ccccc1)C(=O)NC(C)c1ccccc1. The smallest absolute Gasteiger partial charge is 0.268 e. The number of hydrogen-bond donors (Lipinski definition) is 2. The van der Waals surface area contributed by atoms with Crippen molar-refractivity contribution in [2.45, 2.75) is 19.9 Å². The lowest BCUT2D eigenvalue weighted by molar-refractivity contribution is -0.118. The number of nitrogens with one attached hydrogen (secondary N) is 2. The van der Waals surface area contributed by atoms with Gasteiger partial charge in [0, 0.05) is 11.1 Å². The monoisotopic (exact) mass is 414 g/mol. The molecule has 0 aliphatic carbocycles. The first kappa shape index (κ1) is 21.8. The highest BCUT2D eigenvalue weighted by Crippen LogP contribution is 2.21. The van der Waals surface area contributed by atoms with Crippen LogP contribution in [0.5, 0.6) is 5.75 Å². The van der Waals surface area contributed by atoms with Gasteiger partial charge in [-0.05, 0) is 43.7 Å². The second-order valence-electron chi connectivity index (χ2n) is 6.95. The highest BCUT2D eigenvalue weighted by molar-refractivity contribution is 6.05. The Morgan fingerprint density at radius 3 is 2.19 bits per heavy atom. The highest BCUT2D eigenvalue weighted by atomic mass is 16.5. The molecule has 2 amide bonds. The Morgan fingerprint density at radius 1 is 0.903 bits per heavy atom. The van der Waals surface area contributed by atoms with Gasteiger partial charge in [-0.25, -0.2) is 0 Å². The fourth-order valence-corrected chi connectivity index (χ4v) is 3.08. The van der Waals surface area contributed by atoms with Gasteiger partial charge >= 0.3 is 0 Å². The van der Waals surface area contributed by atoms with Gasteiger partial charge in [-0.2, -0.15) is 0 Å². The number of carbonyl (C=O) groups is 2.